The highest BCUT2D eigenvalue weighted by Gasteiger charge is 2.19. The van der Waals surface area contributed by atoms with Crippen LogP contribution in [0.4, 0.5) is 11.4 Å². The Hall–Kier alpha value is -1.29. The molecule has 0 saturated carbocycles. The van der Waals surface area contributed by atoms with Gasteiger partial charge in [-0.3, -0.25) is 4.98 Å². The number of aromatic nitrogens is 1. The van der Waals surface area contributed by atoms with Crippen molar-refractivity contribution in [3.05, 3.63) is 18.5 Å². The van der Waals surface area contributed by atoms with E-state index in [-0.39, 0.29) is 0 Å². The molecule has 0 bridgehead atoms. The number of aliphatic hydroxyl groups is 1. The zero-order chi connectivity index (χ0) is 10.7. The molecule has 15 heavy (non-hydrogen) atoms. The summed E-state index contributed by atoms with van der Waals surface area (Å²) in [5.74, 6) is 0.462. The zero-order valence-corrected chi connectivity index (χ0v) is 8.76. The number of rotatable bonds is 2. The standard InChI is InChI=1S/C11H17N3O/c12-10-7-13-4-1-11(10)14-5-2-9(8-15)3-6-14/h1,4,7,9,15H,2-3,5-6,8,12H2. The van der Waals surface area contributed by atoms with Gasteiger partial charge >= 0.3 is 0 Å². The molecule has 0 atom stereocenters. The van der Waals surface area contributed by atoms with E-state index in [0.717, 1.165) is 37.3 Å². The quantitative estimate of drug-likeness (QED) is 0.755. The molecule has 0 radical (unpaired) electrons. The van der Waals surface area contributed by atoms with Gasteiger partial charge in [0, 0.05) is 25.9 Å². The largest absolute Gasteiger partial charge is 0.396 e. The first kappa shape index (κ1) is 10.2. The molecule has 0 aliphatic carbocycles. The van der Waals surface area contributed by atoms with E-state index < -0.39 is 0 Å². The topological polar surface area (TPSA) is 62.4 Å². The van der Waals surface area contributed by atoms with E-state index in [2.05, 4.69) is 9.88 Å². The second kappa shape index (κ2) is 4.49. The predicted octanol–water partition coefficient (Wildman–Crippen LogP) is 0.873. The number of piperidine rings is 1. The van der Waals surface area contributed by atoms with Gasteiger partial charge in [0.15, 0.2) is 0 Å². The fourth-order valence-corrected chi connectivity index (χ4v) is 2.04. The third-order valence-corrected chi connectivity index (χ3v) is 3.04. The third kappa shape index (κ3) is 2.21. The van der Waals surface area contributed by atoms with Crippen molar-refractivity contribution in [1.82, 2.24) is 4.98 Å². The van der Waals surface area contributed by atoms with E-state index in [0.29, 0.717) is 12.5 Å². The summed E-state index contributed by atoms with van der Waals surface area (Å²) in [7, 11) is 0. The maximum absolute atomic E-state index is 9.05. The number of nitrogens with two attached hydrogens (primary N) is 1. The maximum atomic E-state index is 9.05. The summed E-state index contributed by atoms with van der Waals surface area (Å²) in [6, 6.07) is 1.95. The lowest BCUT2D eigenvalue weighted by atomic mass is 9.97. The normalized spacial score (nSPS) is 18.1. The van der Waals surface area contributed by atoms with E-state index in [1.165, 1.54) is 0 Å². The minimum atomic E-state index is 0.305. The molecule has 0 unspecified atom stereocenters. The van der Waals surface area contributed by atoms with Crippen LogP contribution < -0.4 is 10.6 Å². The zero-order valence-electron chi connectivity index (χ0n) is 8.76. The van der Waals surface area contributed by atoms with Crippen LogP contribution in [0.5, 0.6) is 0 Å². The van der Waals surface area contributed by atoms with Crippen LogP contribution >= 0.6 is 0 Å². The summed E-state index contributed by atoms with van der Waals surface area (Å²) >= 11 is 0. The third-order valence-electron chi connectivity index (χ3n) is 3.04. The van der Waals surface area contributed by atoms with Gasteiger partial charge in [0.05, 0.1) is 17.6 Å². The summed E-state index contributed by atoms with van der Waals surface area (Å²) in [6.07, 6.45) is 5.54. The van der Waals surface area contributed by atoms with Gasteiger partial charge in [-0.2, -0.15) is 0 Å². The van der Waals surface area contributed by atoms with Gasteiger partial charge in [-0.25, -0.2) is 0 Å². The minimum absolute atomic E-state index is 0.305. The van der Waals surface area contributed by atoms with Gasteiger partial charge in [0.2, 0.25) is 0 Å². The molecule has 1 saturated heterocycles. The number of nitrogens with zero attached hydrogens (tertiary/aromatic N) is 2. The first-order valence-corrected chi connectivity index (χ1v) is 5.36. The van der Waals surface area contributed by atoms with E-state index >= 15 is 0 Å². The number of nitrogen functional groups attached to an aromatic ring is 1. The molecule has 2 heterocycles. The van der Waals surface area contributed by atoms with Crippen molar-refractivity contribution in [3.8, 4) is 0 Å². The monoisotopic (exact) mass is 207 g/mol. The summed E-state index contributed by atoms with van der Waals surface area (Å²) in [4.78, 5) is 6.25. The molecule has 4 nitrogen and oxygen atoms in total. The van der Waals surface area contributed by atoms with Crippen molar-refractivity contribution in [2.45, 2.75) is 12.8 Å². The van der Waals surface area contributed by atoms with E-state index in [4.69, 9.17) is 10.8 Å². The minimum Gasteiger partial charge on any atom is -0.396 e. The van der Waals surface area contributed by atoms with Gasteiger partial charge in [0.1, 0.15) is 0 Å². The summed E-state index contributed by atoms with van der Waals surface area (Å²) in [5.41, 5.74) is 7.67. The number of hydrogen-bond acceptors (Lipinski definition) is 4. The highest BCUT2D eigenvalue weighted by Crippen LogP contribution is 2.26. The van der Waals surface area contributed by atoms with Crippen molar-refractivity contribution in [3.63, 3.8) is 0 Å². The molecule has 3 N–H and O–H groups in total. The molecule has 4 heteroatoms. The summed E-state index contributed by atoms with van der Waals surface area (Å²) in [5, 5.41) is 9.05. The first-order valence-electron chi connectivity index (χ1n) is 5.36. The van der Waals surface area contributed by atoms with Gasteiger partial charge in [-0.05, 0) is 24.8 Å². The molecule has 82 valence electrons. The van der Waals surface area contributed by atoms with Gasteiger partial charge in [0.25, 0.3) is 0 Å². The molecule has 1 aliphatic heterocycles. The predicted molar refractivity (Wildman–Crippen MR) is 60.7 cm³/mol. The Labute approximate surface area is 89.7 Å². The second-order valence-electron chi connectivity index (χ2n) is 4.05. The highest BCUT2D eigenvalue weighted by atomic mass is 16.3. The molecule has 0 spiro atoms. The van der Waals surface area contributed by atoms with Crippen LogP contribution in [0.1, 0.15) is 12.8 Å². The van der Waals surface area contributed by atoms with Gasteiger partial charge in [-0.15, -0.1) is 0 Å². The van der Waals surface area contributed by atoms with E-state index in [1.807, 2.05) is 6.07 Å². The lowest BCUT2D eigenvalue weighted by molar-refractivity contribution is 0.203. The number of pyridine rings is 1. The van der Waals surface area contributed by atoms with Gasteiger partial charge in [-0.1, -0.05) is 0 Å². The molecule has 2 rings (SSSR count). The Kier molecular flexibility index (Phi) is 3.06. The Morgan fingerprint density at radius 1 is 1.47 bits per heavy atom. The fourth-order valence-electron chi connectivity index (χ4n) is 2.04. The Morgan fingerprint density at radius 2 is 2.20 bits per heavy atom. The molecular weight excluding hydrogens is 190 g/mol. The Bertz CT molecular complexity index is 321. The Balaban J connectivity index is 2.04. The van der Waals surface area contributed by atoms with Crippen molar-refractivity contribution < 1.29 is 5.11 Å². The van der Waals surface area contributed by atoms with E-state index in [9.17, 15) is 0 Å². The lowest BCUT2D eigenvalue weighted by Crippen LogP contribution is -2.35. The van der Waals surface area contributed by atoms with Crippen molar-refractivity contribution >= 4 is 11.4 Å². The van der Waals surface area contributed by atoms with Crippen LogP contribution in [0, 0.1) is 5.92 Å². The maximum Gasteiger partial charge on any atom is 0.0738 e. The SMILES string of the molecule is Nc1cnccc1N1CCC(CO)CC1. The molecule has 0 aromatic carbocycles. The van der Waals surface area contributed by atoms with Crippen LogP contribution in [0.2, 0.25) is 0 Å². The van der Waals surface area contributed by atoms with Crippen LogP contribution in [-0.4, -0.2) is 29.8 Å². The van der Waals surface area contributed by atoms with Gasteiger partial charge < -0.3 is 15.7 Å². The van der Waals surface area contributed by atoms with Crippen molar-refractivity contribution in [2.24, 2.45) is 5.92 Å². The second-order valence-corrected chi connectivity index (χ2v) is 4.05. The first-order chi connectivity index (χ1) is 7.31. The summed E-state index contributed by atoms with van der Waals surface area (Å²) in [6.45, 7) is 2.25. The molecule has 1 aliphatic rings. The van der Waals surface area contributed by atoms with Crippen LogP contribution in [0.25, 0.3) is 0 Å². The molecule has 1 fully saturated rings. The summed E-state index contributed by atoms with van der Waals surface area (Å²) < 4.78 is 0. The Morgan fingerprint density at radius 3 is 2.80 bits per heavy atom. The average Bonchev–Trinajstić information content (AvgIpc) is 2.30. The molecule has 1 aromatic heterocycles. The van der Waals surface area contributed by atoms with Crippen LogP contribution in [-0.2, 0) is 0 Å². The number of hydrogen-bond donors (Lipinski definition) is 2. The number of anilines is 2. The molecule has 0 amide bonds. The van der Waals surface area contributed by atoms with Crippen molar-refractivity contribution in [2.75, 3.05) is 30.3 Å². The molecular formula is C11H17N3O. The van der Waals surface area contributed by atoms with Crippen LogP contribution in [0.3, 0.4) is 0 Å². The van der Waals surface area contributed by atoms with Crippen molar-refractivity contribution in [1.29, 1.82) is 0 Å². The molecule has 1 aromatic rings. The average molecular weight is 207 g/mol. The smallest absolute Gasteiger partial charge is 0.0738 e. The van der Waals surface area contributed by atoms with E-state index in [1.54, 1.807) is 12.4 Å². The lowest BCUT2D eigenvalue weighted by Gasteiger charge is -2.33. The highest BCUT2D eigenvalue weighted by molar-refractivity contribution is 5.66. The fraction of sp³-hybridized carbons (Fsp3) is 0.545. The number of aliphatic hydroxyl groups excluding tert-OH is 1. The van der Waals surface area contributed by atoms with Crippen LogP contribution in [0.15, 0.2) is 18.5 Å².